The number of hydrogen-bond acceptors (Lipinski definition) is 3. The molecular weight excluding hydrogens is 200 g/mol. The van der Waals surface area contributed by atoms with E-state index in [-0.39, 0.29) is 0 Å². The summed E-state index contributed by atoms with van der Waals surface area (Å²) in [5, 5.41) is 0. The molecule has 0 fully saturated rings. The summed E-state index contributed by atoms with van der Waals surface area (Å²) in [6, 6.07) is 8.51. The van der Waals surface area contributed by atoms with Crippen molar-refractivity contribution in [3.05, 3.63) is 29.8 Å². The van der Waals surface area contributed by atoms with Crippen molar-refractivity contribution in [2.75, 3.05) is 20.7 Å². The zero-order chi connectivity index (χ0) is 11.5. The van der Waals surface area contributed by atoms with Gasteiger partial charge in [-0.2, -0.15) is 0 Å². The number of methoxy groups -OCH3 is 1. The summed E-state index contributed by atoms with van der Waals surface area (Å²) < 4.78 is 5.15. The van der Waals surface area contributed by atoms with Gasteiger partial charge in [-0.1, -0.05) is 12.1 Å². The van der Waals surface area contributed by atoms with Crippen LogP contribution >= 0.6 is 0 Å². The first-order chi connectivity index (χ1) is 7.70. The second-order valence-electron chi connectivity index (χ2n) is 4.18. The highest BCUT2D eigenvalue weighted by molar-refractivity contribution is 5.80. The van der Waals surface area contributed by atoms with E-state index >= 15 is 0 Å². The minimum Gasteiger partial charge on any atom is -0.497 e. The maximum Gasteiger partial charge on any atom is 0.118 e. The molecule has 3 nitrogen and oxygen atoms in total. The Morgan fingerprint density at radius 1 is 1.31 bits per heavy atom. The van der Waals surface area contributed by atoms with Gasteiger partial charge in [-0.3, -0.25) is 4.99 Å². The number of benzene rings is 1. The molecule has 1 aromatic rings. The van der Waals surface area contributed by atoms with Crippen LogP contribution in [-0.2, 0) is 0 Å². The minimum atomic E-state index is 0.308. The van der Waals surface area contributed by atoms with Gasteiger partial charge in [0.25, 0.3) is 0 Å². The van der Waals surface area contributed by atoms with Crippen LogP contribution in [0.2, 0.25) is 0 Å². The summed E-state index contributed by atoms with van der Waals surface area (Å²) in [6.45, 7) is 3.14. The Balaban J connectivity index is 2.18. The van der Waals surface area contributed by atoms with Crippen LogP contribution in [0.3, 0.4) is 0 Å². The van der Waals surface area contributed by atoms with E-state index in [4.69, 9.17) is 9.73 Å². The van der Waals surface area contributed by atoms with Gasteiger partial charge >= 0.3 is 0 Å². The molecule has 86 valence electrons. The van der Waals surface area contributed by atoms with Gasteiger partial charge in [-0.15, -0.1) is 0 Å². The van der Waals surface area contributed by atoms with Gasteiger partial charge in [0.2, 0.25) is 0 Å². The van der Waals surface area contributed by atoms with Crippen LogP contribution in [-0.4, -0.2) is 31.4 Å². The maximum absolute atomic E-state index is 5.15. The lowest BCUT2D eigenvalue weighted by molar-refractivity contribution is 0.412. The van der Waals surface area contributed by atoms with Crippen molar-refractivity contribution in [1.82, 2.24) is 4.90 Å². The van der Waals surface area contributed by atoms with Crippen LogP contribution in [0.1, 0.15) is 24.9 Å². The molecule has 0 saturated carbocycles. The Hall–Kier alpha value is -1.51. The minimum absolute atomic E-state index is 0.308. The van der Waals surface area contributed by atoms with E-state index in [1.807, 2.05) is 12.1 Å². The summed E-state index contributed by atoms with van der Waals surface area (Å²) in [5.41, 5.74) is 1.27. The molecule has 1 atom stereocenters. The summed E-state index contributed by atoms with van der Waals surface area (Å²) in [5.74, 6) is 2.02. The molecule has 1 aliphatic heterocycles. The first-order valence-corrected chi connectivity index (χ1v) is 5.60. The van der Waals surface area contributed by atoms with E-state index in [0.717, 1.165) is 24.6 Å². The molecule has 0 aromatic heterocycles. The molecule has 1 heterocycles. The molecule has 0 N–H and O–H groups in total. The van der Waals surface area contributed by atoms with Crippen molar-refractivity contribution in [1.29, 1.82) is 0 Å². The van der Waals surface area contributed by atoms with Crippen LogP contribution in [0.4, 0.5) is 0 Å². The van der Waals surface area contributed by atoms with Crippen molar-refractivity contribution < 1.29 is 4.74 Å². The quantitative estimate of drug-likeness (QED) is 0.762. The first-order valence-electron chi connectivity index (χ1n) is 5.60. The normalized spacial score (nSPS) is 20.6. The number of aliphatic imine (C=N–C) groups is 1. The van der Waals surface area contributed by atoms with Gasteiger partial charge in [0.05, 0.1) is 19.0 Å². The Bertz CT molecular complexity index is 383. The number of amidine groups is 1. The molecule has 0 radical (unpaired) electrons. The summed E-state index contributed by atoms with van der Waals surface area (Å²) in [7, 11) is 3.77. The zero-order valence-electron chi connectivity index (χ0n) is 10.1. The van der Waals surface area contributed by atoms with Gasteiger partial charge in [-0.25, -0.2) is 0 Å². The van der Waals surface area contributed by atoms with Gasteiger partial charge in [-0.05, 0) is 31.0 Å². The predicted octanol–water partition coefficient (Wildman–Crippen LogP) is 2.49. The summed E-state index contributed by atoms with van der Waals surface area (Å²) >= 11 is 0. The molecule has 0 amide bonds. The van der Waals surface area contributed by atoms with Crippen molar-refractivity contribution in [3.8, 4) is 5.75 Å². The molecule has 1 aromatic carbocycles. The SMILES string of the molecule is COc1ccc([C@H]2CCN(C)C(C)=N2)cc1. The highest BCUT2D eigenvalue weighted by Crippen LogP contribution is 2.26. The van der Waals surface area contributed by atoms with Gasteiger partial charge in [0.15, 0.2) is 0 Å². The van der Waals surface area contributed by atoms with Crippen molar-refractivity contribution >= 4 is 5.84 Å². The van der Waals surface area contributed by atoms with E-state index in [2.05, 4.69) is 31.0 Å². The van der Waals surface area contributed by atoms with E-state index in [1.165, 1.54) is 5.56 Å². The molecule has 16 heavy (non-hydrogen) atoms. The molecule has 3 heteroatoms. The van der Waals surface area contributed by atoms with Crippen LogP contribution in [0.15, 0.2) is 29.3 Å². The number of nitrogens with zero attached hydrogens (tertiary/aromatic N) is 2. The Kier molecular flexibility index (Phi) is 3.13. The number of ether oxygens (including phenoxy) is 1. The van der Waals surface area contributed by atoms with E-state index in [0.29, 0.717) is 6.04 Å². The average Bonchev–Trinajstić information content (AvgIpc) is 2.33. The highest BCUT2D eigenvalue weighted by atomic mass is 16.5. The molecule has 2 rings (SSSR count). The number of hydrogen-bond donors (Lipinski definition) is 0. The zero-order valence-corrected chi connectivity index (χ0v) is 10.1. The van der Waals surface area contributed by atoms with Crippen LogP contribution in [0.25, 0.3) is 0 Å². The second-order valence-corrected chi connectivity index (χ2v) is 4.18. The highest BCUT2D eigenvalue weighted by Gasteiger charge is 2.17. The van der Waals surface area contributed by atoms with Gasteiger partial charge in [0.1, 0.15) is 5.75 Å². The Labute approximate surface area is 96.7 Å². The second kappa shape index (κ2) is 4.56. The maximum atomic E-state index is 5.15. The fourth-order valence-electron chi connectivity index (χ4n) is 1.93. The molecule has 0 unspecified atom stereocenters. The van der Waals surface area contributed by atoms with Crippen molar-refractivity contribution in [3.63, 3.8) is 0 Å². The van der Waals surface area contributed by atoms with Crippen molar-refractivity contribution in [2.24, 2.45) is 4.99 Å². The topological polar surface area (TPSA) is 24.8 Å². The monoisotopic (exact) mass is 218 g/mol. The summed E-state index contributed by atoms with van der Waals surface area (Å²) in [4.78, 5) is 6.89. The average molecular weight is 218 g/mol. The fourth-order valence-corrected chi connectivity index (χ4v) is 1.93. The van der Waals surface area contributed by atoms with E-state index in [1.54, 1.807) is 7.11 Å². The molecule has 0 saturated heterocycles. The van der Waals surface area contributed by atoms with Crippen LogP contribution in [0, 0.1) is 0 Å². The van der Waals surface area contributed by atoms with Crippen LogP contribution in [0.5, 0.6) is 5.75 Å². The summed E-state index contributed by atoms with van der Waals surface area (Å²) in [6.07, 6.45) is 1.08. The van der Waals surface area contributed by atoms with E-state index < -0.39 is 0 Å². The lowest BCUT2D eigenvalue weighted by atomic mass is 10.0. The standard InChI is InChI=1S/C13H18N2O/c1-10-14-13(8-9-15(10)2)11-4-6-12(16-3)7-5-11/h4-7,13H,8-9H2,1-3H3/t13-/m1/s1. The first kappa shape index (κ1) is 11.0. The third kappa shape index (κ3) is 2.18. The largest absolute Gasteiger partial charge is 0.497 e. The van der Waals surface area contributed by atoms with E-state index in [9.17, 15) is 0 Å². The Morgan fingerprint density at radius 2 is 2.00 bits per heavy atom. The molecule has 0 bridgehead atoms. The molecule has 0 spiro atoms. The van der Waals surface area contributed by atoms with Gasteiger partial charge < -0.3 is 9.64 Å². The Morgan fingerprint density at radius 3 is 2.56 bits per heavy atom. The lowest BCUT2D eigenvalue weighted by Crippen LogP contribution is -2.30. The molecule has 0 aliphatic carbocycles. The van der Waals surface area contributed by atoms with Crippen LogP contribution < -0.4 is 4.74 Å². The molecule has 1 aliphatic rings. The molecular formula is C13H18N2O. The fraction of sp³-hybridized carbons (Fsp3) is 0.462. The van der Waals surface area contributed by atoms with Gasteiger partial charge in [0, 0.05) is 13.6 Å². The smallest absolute Gasteiger partial charge is 0.118 e. The predicted molar refractivity (Wildman–Crippen MR) is 66.1 cm³/mol. The lowest BCUT2D eigenvalue weighted by Gasteiger charge is -2.28. The third-order valence-corrected chi connectivity index (χ3v) is 3.13. The third-order valence-electron chi connectivity index (χ3n) is 3.13. The van der Waals surface area contributed by atoms with Crippen molar-refractivity contribution in [2.45, 2.75) is 19.4 Å². The number of rotatable bonds is 2.